The molecule has 1 rings (SSSR count). The van der Waals surface area contributed by atoms with Crippen molar-refractivity contribution in [1.82, 2.24) is 4.98 Å². The van der Waals surface area contributed by atoms with Gasteiger partial charge in [-0.2, -0.15) is 0 Å². The molecule has 0 saturated carbocycles. The average molecular weight is 205 g/mol. The molecule has 0 aliphatic heterocycles. The summed E-state index contributed by atoms with van der Waals surface area (Å²) >= 11 is 0. The number of aromatic nitrogens is 1. The number of carbonyl (C=O) groups excluding carboxylic acids is 1. The van der Waals surface area contributed by atoms with Crippen molar-refractivity contribution >= 4 is 5.91 Å². The van der Waals surface area contributed by atoms with Gasteiger partial charge in [-0.25, -0.2) is 0 Å². The fraction of sp³-hybridized carbons (Fsp3) is 0.333. The van der Waals surface area contributed by atoms with Crippen LogP contribution >= 0.6 is 0 Å². The van der Waals surface area contributed by atoms with E-state index in [1.807, 2.05) is 0 Å². The second-order valence-corrected chi connectivity index (χ2v) is 3.12. The lowest BCUT2D eigenvalue weighted by atomic mass is 10.1. The van der Waals surface area contributed by atoms with E-state index in [1.165, 1.54) is 0 Å². The molecule has 0 aliphatic rings. The maximum Gasteiger partial charge on any atom is 0.250 e. The van der Waals surface area contributed by atoms with E-state index in [-0.39, 0.29) is 6.54 Å². The molecule has 6 heteroatoms. The Bertz CT molecular complexity index is 448. The van der Waals surface area contributed by atoms with Crippen molar-refractivity contribution in [2.45, 2.75) is 20.4 Å². The highest BCUT2D eigenvalue weighted by Gasteiger charge is 2.09. The lowest BCUT2D eigenvalue weighted by Gasteiger charge is -2.06. The van der Waals surface area contributed by atoms with Gasteiger partial charge in [-0.3, -0.25) is 9.78 Å². The van der Waals surface area contributed by atoms with Gasteiger partial charge in [-0.1, -0.05) is 5.11 Å². The number of rotatable bonds is 3. The number of primary amides is 1. The number of azide groups is 1. The summed E-state index contributed by atoms with van der Waals surface area (Å²) in [7, 11) is 0. The summed E-state index contributed by atoms with van der Waals surface area (Å²) in [6, 6.07) is 1.62. The zero-order valence-electron chi connectivity index (χ0n) is 8.56. The highest BCUT2D eigenvalue weighted by Crippen LogP contribution is 2.13. The van der Waals surface area contributed by atoms with Gasteiger partial charge in [0.05, 0.1) is 17.8 Å². The van der Waals surface area contributed by atoms with E-state index >= 15 is 0 Å². The monoisotopic (exact) mass is 205 g/mol. The first-order chi connectivity index (χ1) is 7.06. The first kappa shape index (κ1) is 11.0. The summed E-state index contributed by atoms with van der Waals surface area (Å²) in [5.41, 5.74) is 15.8. The van der Waals surface area contributed by atoms with Crippen LogP contribution in [0.15, 0.2) is 11.2 Å². The molecule has 1 amide bonds. The lowest BCUT2D eigenvalue weighted by molar-refractivity contribution is 0.0999. The fourth-order valence-corrected chi connectivity index (χ4v) is 1.28. The summed E-state index contributed by atoms with van der Waals surface area (Å²) in [6.07, 6.45) is 0. The van der Waals surface area contributed by atoms with E-state index in [0.29, 0.717) is 16.8 Å². The van der Waals surface area contributed by atoms with Crippen molar-refractivity contribution in [2.24, 2.45) is 10.8 Å². The van der Waals surface area contributed by atoms with Gasteiger partial charge in [-0.05, 0) is 31.0 Å². The molecule has 0 saturated heterocycles. The first-order valence-electron chi connectivity index (χ1n) is 4.34. The number of amides is 1. The Balaban J connectivity index is 3.22. The van der Waals surface area contributed by atoms with Gasteiger partial charge in [0.15, 0.2) is 0 Å². The Labute approximate surface area is 86.7 Å². The van der Waals surface area contributed by atoms with Gasteiger partial charge in [0, 0.05) is 10.6 Å². The number of nitrogens with zero attached hydrogens (tertiary/aromatic N) is 4. The Kier molecular flexibility index (Phi) is 3.25. The fourth-order valence-electron chi connectivity index (χ4n) is 1.28. The number of carbonyl (C=O) groups is 1. The molecule has 2 N–H and O–H groups in total. The maximum absolute atomic E-state index is 11.0. The second kappa shape index (κ2) is 4.43. The van der Waals surface area contributed by atoms with Crippen LogP contribution in [0.5, 0.6) is 0 Å². The molecule has 78 valence electrons. The molecule has 0 radical (unpaired) electrons. The molecule has 1 aromatic heterocycles. The molecule has 0 fully saturated rings. The van der Waals surface area contributed by atoms with E-state index in [4.69, 9.17) is 11.3 Å². The van der Waals surface area contributed by atoms with Gasteiger partial charge in [0.2, 0.25) is 0 Å². The second-order valence-electron chi connectivity index (χ2n) is 3.12. The average Bonchev–Trinajstić information content (AvgIpc) is 2.16. The van der Waals surface area contributed by atoms with E-state index in [1.54, 1.807) is 19.9 Å². The SMILES string of the molecule is Cc1nc(C)c(C(N)=O)cc1CN=[N+]=[N-]. The molecule has 0 spiro atoms. The Morgan fingerprint density at radius 2 is 2.27 bits per heavy atom. The van der Waals surface area contributed by atoms with Crippen molar-refractivity contribution in [3.8, 4) is 0 Å². The third-order valence-electron chi connectivity index (χ3n) is 2.08. The number of nitrogens with two attached hydrogens (primary N) is 1. The molecule has 0 bridgehead atoms. The third-order valence-corrected chi connectivity index (χ3v) is 2.08. The number of hydrogen-bond donors (Lipinski definition) is 1. The molecule has 1 aromatic rings. The zero-order chi connectivity index (χ0) is 11.4. The minimum Gasteiger partial charge on any atom is -0.366 e. The molecule has 0 aromatic carbocycles. The van der Waals surface area contributed by atoms with Crippen molar-refractivity contribution in [3.63, 3.8) is 0 Å². The quantitative estimate of drug-likeness (QED) is 0.460. The minimum atomic E-state index is -0.526. The van der Waals surface area contributed by atoms with Crippen LogP contribution in [-0.2, 0) is 6.54 Å². The number of pyridine rings is 1. The molecule has 15 heavy (non-hydrogen) atoms. The predicted octanol–water partition coefficient (Wildman–Crippen LogP) is 1.61. The van der Waals surface area contributed by atoms with Crippen LogP contribution < -0.4 is 5.73 Å². The van der Waals surface area contributed by atoms with Crippen molar-refractivity contribution in [1.29, 1.82) is 0 Å². The van der Waals surface area contributed by atoms with Gasteiger partial charge < -0.3 is 5.73 Å². The van der Waals surface area contributed by atoms with Gasteiger partial charge in [0.25, 0.3) is 5.91 Å². The van der Waals surface area contributed by atoms with E-state index in [9.17, 15) is 4.79 Å². The van der Waals surface area contributed by atoms with E-state index in [0.717, 1.165) is 5.69 Å². The summed E-state index contributed by atoms with van der Waals surface area (Å²) < 4.78 is 0. The van der Waals surface area contributed by atoms with Gasteiger partial charge in [-0.15, -0.1) is 0 Å². The minimum absolute atomic E-state index is 0.176. The summed E-state index contributed by atoms with van der Waals surface area (Å²) in [5, 5.41) is 3.42. The van der Waals surface area contributed by atoms with E-state index < -0.39 is 5.91 Å². The normalized spacial score (nSPS) is 9.47. The molecule has 1 heterocycles. The van der Waals surface area contributed by atoms with Crippen LogP contribution in [0.1, 0.15) is 27.3 Å². The van der Waals surface area contributed by atoms with Crippen LogP contribution in [0, 0.1) is 13.8 Å². The Hall–Kier alpha value is -2.07. The van der Waals surface area contributed by atoms with Crippen molar-refractivity contribution < 1.29 is 4.79 Å². The van der Waals surface area contributed by atoms with Crippen LogP contribution in [0.2, 0.25) is 0 Å². The van der Waals surface area contributed by atoms with Gasteiger partial charge in [0.1, 0.15) is 0 Å². The topological polar surface area (TPSA) is 105 Å². The van der Waals surface area contributed by atoms with Gasteiger partial charge >= 0.3 is 0 Å². The Morgan fingerprint density at radius 1 is 1.60 bits per heavy atom. The summed E-state index contributed by atoms with van der Waals surface area (Å²) in [5.74, 6) is -0.526. The zero-order valence-corrected chi connectivity index (χ0v) is 8.56. The van der Waals surface area contributed by atoms with Crippen LogP contribution in [-0.4, -0.2) is 10.9 Å². The highest BCUT2D eigenvalue weighted by molar-refractivity contribution is 5.94. The molecule has 0 atom stereocenters. The molecular formula is C9H11N5O. The van der Waals surface area contributed by atoms with Crippen molar-refractivity contribution in [2.75, 3.05) is 0 Å². The van der Waals surface area contributed by atoms with E-state index in [2.05, 4.69) is 15.0 Å². The summed E-state index contributed by atoms with van der Waals surface area (Å²) in [6.45, 7) is 3.68. The smallest absolute Gasteiger partial charge is 0.250 e. The number of hydrogen-bond acceptors (Lipinski definition) is 3. The molecule has 0 aliphatic carbocycles. The summed E-state index contributed by atoms with van der Waals surface area (Å²) in [4.78, 5) is 17.9. The third kappa shape index (κ3) is 2.45. The number of aryl methyl sites for hydroxylation is 2. The largest absolute Gasteiger partial charge is 0.366 e. The van der Waals surface area contributed by atoms with Crippen LogP contribution in [0.25, 0.3) is 10.4 Å². The van der Waals surface area contributed by atoms with Crippen LogP contribution in [0.3, 0.4) is 0 Å². The molecule has 6 nitrogen and oxygen atoms in total. The lowest BCUT2D eigenvalue weighted by Crippen LogP contribution is -2.14. The predicted molar refractivity (Wildman–Crippen MR) is 55.1 cm³/mol. The first-order valence-corrected chi connectivity index (χ1v) is 4.34. The molecular weight excluding hydrogens is 194 g/mol. The Morgan fingerprint density at radius 3 is 2.80 bits per heavy atom. The van der Waals surface area contributed by atoms with Crippen LogP contribution in [0.4, 0.5) is 0 Å². The van der Waals surface area contributed by atoms with Crippen molar-refractivity contribution in [3.05, 3.63) is 39.0 Å². The standard InChI is InChI=1S/C9H11N5O/c1-5-7(4-12-14-11)3-8(9(10)15)6(2)13-5/h3H,4H2,1-2H3,(H2,10,15). The maximum atomic E-state index is 11.0. The molecule has 0 unspecified atom stereocenters. The highest BCUT2D eigenvalue weighted by atomic mass is 16.1.